The van der Waals surface area contributed by atoms with Crippen LogP contribution in [-0.2, 0) is 0 Å². The second-order valence-corrected chi connectivity index (χ2v) is 10.1. The Hall–Kier alpha value is -2.23. The third-order valence-electron chi connectivity index (χ3n) is 7.89. The van der Waals surface area contributed by atoms with E-state index >= 15 is 4.39 Å². The molecular formula is C29H36F2O2. The summed E-state index contributed by atoms with van der Waals surface area (Å²) in [6.07, 6.45) is 14.0. The molecule has 4 rings (SSSR count). The lowest BCUT2D eigenvalue weighted by atomic mass is 9.63. The predicted octanol–water partition coefficient (Wildman–Crippen LogP) is 8.45. The normalized spacial score (nSPS) is 24.8. The van der Waals surface area contributed by atoms with Crippen molar-refractivity contribution in [2.75, 3.05) is 0 Å². The molecule has 2 aliphatic rings. The molecule has 0 aromatic heterocycles. The maximum absolute atomic E-state index is 15.0. The number of carbonyl (C=O) groups excluding carboxylic acids is 1. The van der Waals surface area contributed by atoms with Crippen LogP contribution in [0.15, 0.2) is 42.5 Å². The Balaban J connectivity index is 1.32. The van der Waals surface area contributed by atoms with E-state index in [1.807, 2.05) is 0 Å². The zero-order chi connectivity index (χ0) is 23.2. The van der Waals surface area contributed by atoms with E-state index < -0.39 is 11.8 Å². The van der Waals surface area contributed by atoms with Crippen LogP contribution in [0.5, 0.6) is 5.75 Å². The van der Waals surface area contributed by atoms with Crippen LogP contribution < -0.4 is 4.74 Å². The standard InChI is InChI=1S/C29H36F2O2/c1-2-3-4-5-6-20-7-8-22-18-23(10-9-21(22)17-20)27-16-11-24(19-28(27)31)29(32)33-26-14-12-25(30)13-15-26/h11-16,19-23H,2-10,17-18H2,1H3/t20-,21-,22+,23?/m0/s1. The zero-order valence-corrected chi connectivity index (χ0v) is 19.7. The van der Waals surface area contributed by atoms with Crippen molar-refractivity contribution in [2.24, 2.45) is 17.8 Å². The van der Waals surface area contributed by atoms with Crippen LogP contribution in [0.25, 0.3) is 0 Å². The third kappa shape index (κ3) is 6.22. The molecule has 0 spiro atoms. The molecule has 33 heavy (non-hydrogen) atoms. The van der Waals surface area contributed by atoms with Crippen molar-refractivity contribution in [3.63, 3.8) is 0 Å². The summed E-state index contributed by atoms with van der Waals surface area (Å²) < 4.78 is 33.3. The summed E-state index contributed by atoms with van der Waals surface area (Å²) in [5.41, 5.74) is 0.909. The number of hydrogen-bond acceptors (Lipinski definition) is 2. The van der Waals surface area contributed by atoms with E-state index in [9.17, 15) is 9.18 Å². The lowest BCUT2D eigenvalue weighted by Gasteiger charge is -2.42. The molecule has 2 nitrogen and oxygen atoms in total. The second-order valence-electron chi connectivity index (χ2n) is 10.1. The van der Waals surface area contributed by atoms with Crippen LogP contribution in [0.4, 0.5) is 8.78 Å². The van der Waals surface area contributed by atoms with Gasteiger partial charge in [-0.05, 0) is 97.7 Å². The number of unbranched alkanes of at least 4 members (excludes halogenated alkanes) is 3. The highest BCUT2D eigenvalue weighted by Gasteiger charge is 2.36. The Morgan fingerprint density at radius 1 is 0.909 bits per heavy atom. The molecule has 0 heterocycles. The first-order chi connectivity index (χ1) is 16.0. The largest absolute Gasteiger partial charge is 0.423 e. The first-order valence-corrected chi connectivity index (χ1v) is 12.8. The molecule has 178 valence electrons. The van der Waals surface area contributed by atoms with E-state index in [2.05, 4.69) is 6.92 Å². The fourth-order valence-electron chi connectivity index (χ4n) is 6.04. The summed E-state index contributed by atoms with van der Waals surface area (Å²) >= 11 is 0. The average molecular weight is 455 g/mol. The van der Waals surface area contributed by atoms with E-state index in [0.29, 0.717) is 5.92 Å². The summed E-state index contributed by atoms with van der Waals surface area (Å²) in [4.78, 5) is 12.4. The lowest BCUT2D eigenvalue weighted by Crippen LogP contribution is -2.30. The molecule has 0 saturated heterocycles. The van der Waals surface area contributed by atoms with E-state index in [1.165, 1.54) is 88.1 Å². The van der Waals surface area contributed by atoms with E-state index in [-0.39, 0.29) is 23.0 Å². The van der Waals surface area contributed by atoms with E-state index in [0.717, 1.165) is 30.2 Å². The fraction of sp³-hybridized carbons (Fsp3) is 0.552. The number of hydrogen-bond donors (Lipinski definition) is 0. The van der Waals surface area contributed by atoms with Gasteiger partial charge in [-0.2, -0.15) is 0 Å². The Labute approximate surface area is 196 Å². The van der Waals surface area contributed by atoms with Crippen molar-refractivity contribution >= 4 is 5.97 Å². The number of benzene rings is 2. The number of ether oxygens (including phenoxy) is 1. The van der Waals surface area contributed by atoms with Gasteiger partial charge < -0.3 is 4.74 Å². The highest BCUT2D eigenvalue weighted by atomic mass is 19.1. The van der Waals surface area contributed by atoms with Gasteiger partial charge in [0.15, 0.2) is 0 Å². The van der Waals surface area contributed by atoms with Crippen molar-refractivity contribution in [2.45, 2.75) is 83.5 Å². The summed E-state index contributed by atoms with van der Waals surface area (Å²) in [5.74, 6) is 1.52. The topological polar surface area (TPSA) is 26.3 Å². The van der Waals surface area contributed by atoms with Gasteiger partial charge in [0, 0.05) is 0 Å². The van der Waals surface area contributed by atoms with Gasteiger partial charge >= 0.3 is 5.97 Å². The molecule has 4 atom stereocenters. The Bertz CT molecular complexity index is 924. The van der Waals surface area contributed by atoms with Crippen LogP contribution in [0.1, 0.15) is 99.4 Å². The smallest absolute Gasteiger partial charge is 0.343 e. The molecule has 0 bridgehead atoms. The van der Waals surface area contributed by atoms with Crippen molar-refractivity contribution in [3.05, 3.63) is 65.2 Å². The summed E-state index contributed by atoms with van der Waals surface area (Å²) in [6, 6.07) is 9.93. The quantitative estimate of drug-likeness (QED) is 0.227. The van der Waals surface area contributed by atoms with Crippen molar-refractivity contribution in [1.29, 1.82) is 0 Å². The number of halogens is 2. The minimum Gasteiger partial charge on any atom is -0.423 e. The fourth-order valence-corrected chi connectivity index (χ4v) is 6.04. The van der Waals surface area contributed by atoms with Gasteiger partial charge in [0.1, 0.15) is 17.4 Å². The lowest BCUT2D eigenvalue weighted by molar-refractivity contribution is 0.0734. The molecule has 2 aromatic rings. The highest BCUT2D eigenvalue weighted by molar-refractivity contribution is 5.91. The molecule has 2 aliphatic carbocycles. The Morgan fingerprint density at radius 2 is 1.67 bits per heavy atom. The van der Waals surface area contributed by atoms with Crippen molar-refractivity contribution in [1.82, 2.24) is 0 Å². The molecule has 2 fully saturated rings. The third-order valence-corrected chi connectivity index (χ3v) is 7.89. The van der Waals surface area contributed by atoms with Crippen LogP contribution in [0.2, 0.25) is 0 Å². The van der Waals surface area contributed by atoms with Gasteiger partial charge in [-0.1, -0.05) is 51.5 Å². The maximum Gasteiger partial charge on any atom is 0.343 e. The van der Waals surface area contributed by atoms with Gasteiger partial charge in [-0.25, -0.2) is 13.6 Å². The Kier molecular flexibility index (Phi) is 8.16. The number of carbonyl (C=O) groups is 1. The first kappa shape index (κ1) is 23.9. The monoisotopic (exact) mass is 454 g/mol. The van der Waals surface area contributed by atoms with Crippen LogP contribution >= 0.6 is 0 Å². The molecular weight excluding hydrogens is 418 g/mol. The van der Waals surface area contributed by atoms with Gasteiger partial charge in [0.05, 0.1) is 5.56 Å². The molecule has 0 aliphatic heterocycles. The Morgan fingerprint density at radius 3 is 2.42 bits per heavy atom. The minimum atomic E-state index is -0.631. The SMILES string of the molecule is CCCCCC[C@H]1CC[C@@H]2CC(c3ccc(C(=O)Oc4ccc(F)cc4)cc3F)CC[C@H]2C1. The van der Waals surface area contributed by atoms with Gasteiger partial charge in [0.2, 0.25) is 0 Å². The first-order valence-electron chi connectivity index (χ1n) is 12.8. The molecule has 4 heteroatoms. The average Bonchev–Trinajstić information content (AvgIpc) is 2.83. The van der Waals surface area contributed by atoms with Crippen molar-refractivity contribution in [3.8, 4) is 5.75 Å². The van der Waals surface area contributed by atoms with Crippen LogP contribution in [0.3, 0.4) is 0 Å². The number of esters is 1. The molecule has 0 radical (unpaired) electrons. The maximum atomic E-state index is 15.0. The molecule has 1 unspecified atom stereocenters. The van der Waals surface area contributed by atoms with Crippen LogP contribution in [-0.4, -0.2) is 5.97 Å². The van der Waals surface area contributed by atoms with Gasteiger partial charge in [-0.15, -0.1) is 0 Å². The van der Waals surface area contributed by atoms with E-state index in [1.54, 1.807) is 12.1 Å². The summed E-state index contributed by atoms with van der Waals surface area (Å²) in [5, 5.41) is 0. The van der Waals surface area contributed by atoms with Crippen molar-refractivity contribution < 1.29 is 18.3 Å². The zero-order valence-electron chi connectivity index (χ0n) is 19.7. The van der Waals surface area contributed by atoms with Gasteiger partial charge in [-0.3, -0.25) is 0 Å². The highest BCUT2D eigenvalue weighted by Crippen LogP contribution is 2.48. The number of fused-ring (bicyclic) bond motifs is 1. The molecule has 0 amide bonds. The minimum absolute atomic E-state index is 0.179. The predicted molar refractivity (Wildman–Crippen MR) is 127 cm³/mol. The van der Waals surface area contributed by atoms with E-state index in [4.69, 9.17) is 4.74 Å². The second kappa shape index (κ2) is 11.3. The van der Waals surface area contributed by atoms with Crippen LogP contribution in [0, 0.1) is 29.4 Å². The summed E-state index contributed by atoms with van der Waals surface area (Å²) in [6.45, 7) is 2.26. The molecule has 0 N–H and O–H groups in total. The number of rotatable bonds is 8. The molecule has 2 aromatic carbocycles. The summed E-state index contributed by atoms with van der Waals surface area (Å²) in [7, 11) is 0. The molecule has 2 saturated carbocycles. The van der Waals surface area contributed by atoms with Gasteiger partial charge in [0.25, 0.3) is 0 Å².